The highest BCUT2D eigenvalue weighted by atomic mass is 19.4. The van der Waals surface area contributed by atoms with Crippen LogP contribution in [-0.2, 0) is 25.2 Å². The standard InChI is InChI=1S/C33H44F3NO6/c1-30(2,3)32(7,31(4,5)6)29(41)43-20-22(39)19-42-23-14-13-21-17-25(24-11-8-9-12-26(24)33(34,35)36)28(40)37(15-10-16-38)27(21)18-23/h8-9,11-14,17-18,21-22,27,38-39H,10,15-16,19-20H2,1-7H3. The second-order valence-corrected chi connectivity index (χ2v) is 13.4. The van der Waals surface area contributed by atoms with E-state index in [4.69, 9.17) is 9.47 Å². The molecule has 43 heavy (non-hydrogen) atoms. The molecule has 0 saturated heterocycles. The van der Waals surface area contributed by atoms with E-state index in [1.165, 1.54) is 29.2 Å². The molecule has 2 N–H and O–H groups in total. The van der Waals surface area contributed by atoms with Crippen LogP contribution in [0.25, 0.3) is 5.57 Å². The molecule has 0 saturated carbocycles. The maximum atomic E-state index is 13.8. The fourth-order valence-electron chi connectivity index (χ4n) is 5.71. The Morgan fingerprint density at radius 3 is 2.21 bits per heavy atom. The zero-order valence-electron chi connectivity index (χ0n) is 26.0. The minimum Gasteiger partial charge on any atom is -0.491 e. The molecule has 238 valence electrons. The van der Waals surface area contributed by atoms with Crippen LogP contribution in [0.3, 0.4) is 0 Å². The summed E-state index contributed by atoms with van der Waals surface area (Å²) in [7, 11) is 0. The van der Waals surface area contributed by atoms with Gasteiger partial charge in [0, 0.05) is 24.6 Å². The maximum Gasteiger partial charge on any atom is 0.417 e. The molecule has 3 unspecified atom stereocenters. The number of nitrogens with zero attached hydrogens (tertiary/aromatic N) is 1. The van der Waals surface area contributed by atoms with Crippen LogP contribution in [-0.4, -0.2) is 65.5 Å². The largest absolute Gasteiger partial charge is 0.491 e. The van der Waals surface area contributed by atoms with Crippen LogP contribution >= 0.6 is 0 Å². The van der Waals surface area contributed by atoms with Crippen molar-refractivity contribution in [3.8, 4) is 0 Å². The van der Waals surface area contributed by atoms with Gasteiger partial charge in [0.25, 0.3) is 5.91 Å². The molecule has 1 aromatic rings. The number of carbonyl (C=O) groups is 2. The Kier molecular flexibility index (Phi) is 10.3. The summed E-state index contributed by atoms with van der Waals surface area (Å²) >= 11 is 0. The number of carbonyl (C=O) groups excluding carboxylic acids is 2. The van der Waals surface area contributed by atoms with E-state index in [0.717, 1.165) is 6.07 Å². The number of esters is 1. The normalized spacial score (nSPS) is 20.3. The Morgan fingerprint density at radius 2 is 1.63 bits per heavy atom. The summed E-state index contributed by atoms with van der Waals surface area (Å²) in [5.74, 6) is -1.07. The molecule has 1 heterocycles. The van der Waals surface area contributed by atoms with E-state index in [1.54, 1.807) is 18.2 Å². The first kappa shape index (κ1) is 34.4. The summed E-state index contributed by atoms with van der Waals surface area (Å²) in [5, 5.41) is 20.0. The van der Waals surface area contributed by atoms with E-state index in [0.29, 0.717) is 5.76 Å². The molecule has 0 aromatic heterocycles. The predicted octanol–water partition coefficient (Wildman–Crippen LogP) is 5.77. The van der Waals surface area contributed by atoms with Crippen LogP contribution in [0.5, 0.6) is 0 Å². The number of aliphatic hydroxyl groups excluding tert-OH is 2. The Balaban J connectivity index is 1.75. The van der Waals surface area contributed by atoms with E-state index in [9.17, 15) is 33.0 Å². The van der Waals surface area contributed by atoms with Crippen molar-refractivity contribution in [2.75, 3.05) is 26.4 Å². The van der Waals surface area contributed by atoms with Crippen LogP contribution < -0.4 is 0 Å². The first-order valence-electron chi connectivity index (χ1n) is 14.5. The minimum atomic E-state index is -4.64. The maximum absolute atomic E-state index is 13.8. The number of fused-ring (bicyclic) bond motifs is 1. The lowest BCUT2D eigenvalue weighted by Crippen LogP contribution is -2.51. The summed E-state index contributed by atoms with van der Waals surface area (Å²) < 4.78 is 52.6. The Labute approximate surface area is 252 Å². The first-order valence-corrected chi connectivity index (χ1v) is 14.5. The van der Waals surface area contributed by atoms with Gasteiger partial charge in [-0.05, 0) is 48.0 Å². The Morgan fingerprint density at radius 1 is 1.00 bits per heavy atom. The zero-order valence-corrected chi connectivity index (χ0v) is 26.0. The molecule has 0 spiro atoms. The van der Waals surface area contributed by atoms with Crippen LogP contribution in [0.2, 0.25) is 0 Å². The topological polar surface area (TPSA) is 96.3 Å². The SMILES string of the molecule is CC(C)(C)C(C)(C(=O)OCC(O)COC1=CC2C(C=C1)C=C(c1ccccc1C(F)(F)F)C(=O)N2CCCO)C(C)(C)C. The van der Waals surface area contributed by atoms with Crippen LogP contribution in [0.1, 0.15) is 66.0 Å². The lowest BCUT2D eigenvalue weighted by molar-refractivity contribution is -0.176. The van der Waals surface area contributed by atoms with Crippen molar-refractivity contribution in [2.45, 2.75) is 73.2 Å². The number of halogens is 3. The molecular formula is C33H44F3NO6. The molecule has 1 amide bonds. The molecular weight excluding hydrogens is 563 g/mol. The van der Waals surface area contributed by atoms with Crippen LogP contribution in [0.4, 0.5) is 13.2 Å². The predicted molar refractivity (Wildman–Crippen MR) is 157 cm³/mol. The van der Waals surface area contributed by atoms with Gasteiger partial charge in [0.1, 0.15) is 25.1 Å². The molecule has 1 aromatic carbocycles. The third-order valence-corrected chi connectivity index (χ3v) is 8.76. The van der Waals surface area contributed by atoms with Crippen LogP contribution in [0.15, 0.2) is 54.3 Å². The van der Waals surface area contributed by atoms with E-state index in [-0.39, 0.29) is 43.9 Å². The van der Waals surface area contributed by atoms with Gasteiger partial charge in [-0.25, -0.2) is 0 Å². The molecule has 2 aliphatic rings. The number of aliphatic hydroxyl groups is 2. The van der Waals surface area contributed by atoms with Gasteiger partial charge < -0.3 is 24.6 Å². The molecule has 10 heteroatoms. The van der Waals surface area contributed by atoms with E-state index < -0.39 is 57.9 Å². The number of allylic oxidation sites excluding steroid dienone is 1. The van der Waals surface area contributed by atoms with Gasteiger partial charge in [-0.2, -0.15) is 13.2 Å². The molecule has 3 atom stereocenters. The number of rotatable bonds is 10. The van der Waals surface area contributed by atoms with Crippen molar-refractivity contribution in [1.82, 2.24) is 4.90 Å². The third-order valence-electron chi connectivity index (χ3n) is 8.76. The second-order valence-electron chi connectivity index (χ2n) is 13.4. The highest BCUT2D eigenvalue weighted by Crippen LogP contribution is 2.52. The van der Waals surface area contributed by atoms with Crippen molar-refractivity contribution in [3.05, 3.63) is 65.5 Å². The van der Waals surface area contributed by atoms with E-state index in [1.807, 2.05) is 48.5 Å². The highest BCUT2D eigenvalue weighted by Gasteiger charge is 2.53. The average Bonchev–Trinajstić information content (AvgIpc) is 2.91. The zero-order chi connectivity index (χ0) is 32.4. The van der Waals surface area contributed by atoms with Gasteiger partial charge in [0.05, 0.1) is 17.0 Å². The number of amides is 1. The second kappa shape index (κ2) is 12.9. The lowest BCUT2D eigenvalue weighted by atomic mass is 9.55. The number of ether oxygens (including phenoxy) is 2. The first-order chi connectivity index (χ1) is 19.8. The molecule has 3 rings (SSSR count). The van der Waals surface area contributed by atoms with Crippen molar-refractivity contribution in [3.63, 3.8) is 0 Å². The summed E-state index contributed by atoms with van der Waals surface area (Å²) in [5.41, 5.74) is -2.78. The van der Waals surface area contributed by atoms with Gasteiger partial charge in [-0.3, -0.25) is 9.59 Å². The Hall–Kier alpha value is -3.11. The van der Waals surface area contributed by atoms with E-state index in [2.05, 4.69) is 0 Å². The number of hydrogen-bond acceptors (Lipinski definition) is 6. The summed E-state index contributed by atoms with van der Waals surface area (Å²) in [6.45, 7) is 13.2. The van der Waals surface area contributed by atoms with Crippen molar-refractivity contribution in [1.29, 1.82) is 0 Å². The fraction of sp³-hybridized carbons (Fsp3) is 0.576. The van der Waals surface area contributed by atoms with Crippen molar-refractivity contribution in [2.24, 2.45) is 22.2 Å². The molecule has 7 nitrogen and oxygen atoms in total. The Bertz CT molecular complexity index is 1250. The number of hydrogen-bond donors (Lipinski definition) is 2. The summed E-state index contributed by atoms with van der Waals surface area (Å²) in [4.78, 5) is 28.1. The molecule has 1 aliphatic carbocycles. The van der Waals surface area contributed by atoms with Gasteiger partial charge in [-0.1, -0.05) is 71.9 Å². The lowest BCUT2D eigenvalue weighted by Gasteiger charge is -2.48. The van der Waals surface area contributed by atoms with E-state index >= 15 is 0 Å². The summed E-state index contributed by atoms with van der Waals surface area (Å²) in [6, 6.07) is 4.41. The molecule has 1 aliphatic heterocycles. The van der Waals surface area contributed by atoms with Gasteiger partial charge in [0.15, 0.2) is 0 Å². The van der Waals surface area contributed by atoms with Crippen molar-refractivity contribution < 1.29 is 42.4 Å². The monoisotopic (exact) mass is 607 g/mol. The smallest absolute Gasteiger partial charge is 0.417 e. The molecule has 0 bridgehead atoms. The molecule has 0 fully saturated rings. The summed E-state index contributed by atoms with van der Waals surface area (Å²) in [6.07, 6.45) is 1.07. The average molecular weight is 608 g/mol. The fourth-order valence-corrected chi connectivity index (χ4v) is 5.71. The quantitative estimate of drug-likeness (QED) is 0.328. The van der Waals surface area contributed by atoms with Crippen LogP contribution in [0, 0.1) is 22.2 Å². The van der Waals surface area contributed by atoms with Gasteiger partial charge in [-0.15, -0.1) is 0 Å². The number of alkyl halides is 3. The van der Waals surface area contributed by atoms with Gasteiger partial charge in [0.2, 0.25) is 0 Å². The van der Waals surface area contributed by atoms with Gasteiger partial charge >= 0.3 is 12.1 Å². The third kappa shape index (κ3) is 7.34. The molecule has 0 radical (unpaired) electrons. The number of benzene rings is 1. The minimum absolute atomic E-state index is 0.0516. The van der Waals surface area contributed by atoms with Crippen molar-refractivity contribution >= 4 is 17.4 Å². The highest BCUT2D eigenvalue weighted by molar-refractivity contribution is 6.21.